The largest absolute Gasteiger partial charge is 0.507 e. The van der Waals surface area contributed by atoms with Crippen molar-refractivity contribution in [2.24, 2.45) is 0 Å². The highest BCUT2D eigenvalue weighted by molar-refractivity contribution is 8.26. The first-order valence-corrected chi connectivity index (χ1v) is 9.65. The van der Waals surface area contributed by atoms with E-state index in [-0.39, 0.29) is 22.5 Å². The number of methoxy groups -OCH3 is 1. The van der Waals surface area contributed by atoms with Gasteiger partial charge in [-0.25, -0.2) is 0 Å². The van der Waals surface area contributed by atoms with E-state index in [4.69, 9.17) is 28.6 Å². The molecule has 1 fully saturated rings. The number of phenols is 1. The summed E-state index contributed by atoms with van der Waals surface area (Å²) in [7, 11) is 1.55. The van der Waals surface area contributed by atoms with Crippen molar-refractivity contribution in [3.63, 3.8) is 0 Å². The fraction of sp³-hybridized carbons (Fsp3) is 0.105. The number of hydrogen-bond acceptors (Lipinski definition) is 6. The van der Waals surface area contributed by atoms with Crippen molar-refractivity contribution in [2.45, 2.75) is 0 Å². The summed E-state index contributed by atoms with van der Waals surface area (Å²) < 4.78 is 5.33. The van der Waals surface area contributed by atoms with Crippen LogP contribution < -0.4 is 10.1 Å². The predicted molar refractivity (Wildman–Crippen MR) is 115 cm³/mol. The molecule has 6 nitrogen and oxygen atoms in total. The minimum absolute atomic E-state index is 0.00748. The van der Waals surface area contributed by atoms with Crippen LogP contribution in [0.15, 0.2) is 47.4 Å². The lowest BCUT2D eigenvalue weighted by molar-refractivity contribution is -0.126. The van der Waals surface area contributed by atoms with Crippen molar-refractivity contribution < 1.29 is 19.4 Å². The van der Waals surface area contributed by atoms with Crippen LogP contribution in [0, 0.1) is 0 Å². The molecule has 2 N–H and O–H groups in total. The van der Waals surface area contributed by atoms with Gasteiger partial charge in [-0.05, 0) is 48.5 Å². The van der Waals surface area contributed by atoms with Crippen molar-refractivity contribution in [2.75, 3.05) is 19.0 Å². The Morgan fingerprint density at radius 3 is 2.71 bits per heavy atom. The number of nitrogens with zero attached hydrogens (tertiary/aromatic N) is 1. The zero-order chi connectivity index (χ0) is 20.3. The summed E-state index contributed by atoms with van der Waals surface area (Å²) in [5.41, 5.74) is 0.978. The van der Waals surface area contributed by atoms with Gasteiger partial charge in [0.15, 0.2) is 0 Å². The highest BCUT2D eigenvalue weighted by Gasteiger charge is 2.33. The average Bonchev–Trinajstić information content (AvgIpc) is 2.92. The number of phenolic OH excluding ortho intramolecular Hbond substituents is 1. The van der Waals surface area contributed by atoms with Crippen LogP contribution in [0.25, 0.3) is 6.08 Å². The summed E-state index contributed by atoms with van der Waals surface area (Å²) in [6.07, 6.45) is 1.50. The van der Waals surface area contributed by atoms with Crippen LogP contribution in [0.5, 0.6) is 11.5 Å². The van der Waals surface area contributed by atoms with E-state index < -0.39 is 5.91 Å². The van der Waals surface area contributed by atoms with Crippen molar-refractivity contribution in [1.82, 2.24) is 4.90 Å². The number of benzene rings is 2. The molecule has 0 atom stereocenters. The molecule has 2 aromatic carbocycles. The molecule has 144 valence electrons. The molecular formula is C19H15ClN2O4S2. The van der Waals surface area contributed by atoms with Crippen LogP contribution in [0.2, 0.25) is 5.02 Å². The number of carbonyl (C=O) groups excluding carboxylic acids is 2. The van der Waals surface area contributed by atoms with Crippen LogP contribution in [0.1, 0.15) is 5.56 Å². The van der Waals surface area contributed by atoms with Crippen molar-refractivity contribution in [3.05, 3.63) is 58.0 Å². The molecule has 0 aromatic heterocycles. The van der Waals surface area contributed by atoms with Gasteiger partial charge in [0, 0.05) is 16.3 Å². The third-order valence-corrected chi connectivity index (χ3v) is 5.44. The van der Waals surface area contributed by atoms with Crippen molar-refractivity contribution in [1.29, 1.82) is 0 Å². The summed E-state index contributed by atoms with van der Waals surface area (Å²) in [5.74, 6) is -0.121. The SMILES string of the molecule is COc1ccc(NC(=O)CN2C(=O)/C(=C/c3cc(Cl)ccc3O)SC2=S)cc1. The number of ether oxygens (including phenoxy) is 1. The van der Waals surface area contributed by atoms with E-state index in [0.29, 0.717) is 26.9 Å². The van der Waals surface area contributed by atoms with E-state index in [1.165, 1.54) is 17.0 Å². The molecule has 0 saturated carbocycles. The first kappa shape index (κ1) is 20.2. The summed E-state index contributed by atoms with van der Waals surface area (Å²) in [4.78, 5) is 26.4. The number of halogens is 1. The Kier molecular flexibility index (Phi) is 6.23. The average molecular weight is 435 g/mol. The second-order valence-corrected chi connectivity index (χ2v) is 7.86. The van der Waals surface area contributed by atoms with Crippen LogP contribution in [0.3, 0.4) is 0 Å². The number of anilines is 1. The Balaban J connectivity index is 1.70. The topological polar surface area (TPSA) is 78.9 Å². The molecule has 1 aliphatic heterocycles. The Bertz CT molecular complexity index is 976. The fourth-order valence-electron chi connectivity index (χ4n) is 2.44. The van der Waals surface area contributed by atoms with Gasteiger partial charge < -0.3 is 15.2 Å². The predicted octanol–water partition coefficient (Wildman–Crippen LogP) is 3.89. The van der Waals surface area contributed by atoms with Crippen molar-refractivity contribution in [3.8, 4) is 11.5 Å². The van der Waals surface area contributed by atoms with Gasteiger partial charge in [-0.2, -0.15) is 0 Å². The molecule has 0 unspecified atom stereocenters. The molecule has 0 aliphatic carbocycles. The van der Waals surface area contributed by atoms with E-state index in [0.717, 1.165) is 11.8 Å². The Morgan fingerprint density at radius 1 is 1.32 bits per heavy atom. The number of thiocarbonyl (C=S) groups is 1. The lowest BCUT2D eigenvalue weighted by Crippen LogP contribution is -2.36. The second-order valence-electron chi connectivity index (χ2n) is 5.75. The van der Waals surface area contributed by atoms with E-state index in [9.17, 15) is 14.7 Å². The molecule has 0 spiro atoms. The first-order chi connectivity index (χ1) is 13.4. The second kappa shape index (κ2) is 8.64. The smallest absolute Gasteiger partial charge is 0.266 e. The van der Waals surface area contributed by atoms with Gasteiger partial charge in [0.1, 0.15) is 22.4 Å². The molecule has 2 aromatic rings. The lowest BCUT2D eigenvalue weighted by atomic mass is 10.2. The number of carbonyl (C=O) groups is 2. The highest BCUT2D eigenvalue weighted by Crippen LogP contribution is 2.34. The fourth-order valence-corrected chi connectivity index (χ4v) is 3.86. The van der Waals surface area contributed by atoms with Crippen molar-refractivity contribution >= 4 is 63.5 Å². The quantitative estimate of drug-likeness (QED) is 0.549. The number of aromatic hydroxyl groups is 1. The standard InChI is InChI=1S/C19H15ClN2O4S2/c1-26-14-5-3-13(4-6-14)21-17(24)10-22-18(25)16(28-19(22)27)9-11-8-12(20)2-7-15(11)23/h2-9,23H,10H2,1H3,(H,21,24)/b16-9-. The van der Waals surface area contributed by atoms with E-state index in [1.54, 1.807) is 43.5 Å². The summed E-state index contributed by atoms with van der Waals surface area (Å²) >= 11 is 12.2. The van der Waals surface area contributed by atoms with E-state index in [2.05, 4.69) is 5.32 Å². The molecule has 1 aliphatic rings. The summed E-state index contributed by atoms with van der Waals surface area (Å²) in [5, 5.41) is 13.1. The maximum Gasteiger partial charge on any atom is 0.266 e. The molecule has 0 radical (unpaired) electrons. The Hall–Kier alpha value is -2.55. The zero-order valence-corrected chi connectivity index (χ0v) is 17.0. The zero-order valence-electron chi connectivity index (χ0n) is 14.6. The molecule has 2 amide bonds. The van der Waals surface area contributed by atoms with Gasteiger partial charge in [0.25, 0.3) is 5.91 Å². The van der Waals surface area contributed by atoms with E-state index in [1.807, 2.05) is 0 Å². The van der Waals surface area contributed by atoms with E-state index >= 15 is 0 Å². The molecule has 0 bridgehead atoms. The number of amides is 2. The van der Waals surface area contributed by atoms with Crippen LogP contribution >= 0.6 is 35.6 Å². The molecule has 3 rings (SSSR count). The summed E-state index contributed by atoms with van der Waals surface area (Å²) in [6.45, 7) is -0.213. The maximum absolute atomic E-state index is 12.6. The highest BCUT2D eigenvalue weighted by atomic mass is 35.5. The molecule has 28 heavy (non-hydrogen) atoms. The molecule has 1 heterocycles. The van der Waals surface area contributed by atoms with Crippen LogP contribution in [-0.2, 0) is 9.59 Å². The maximum atomic E-state index is 12.6. The number of hydrogen-bond donors (Lipinski definition) is 2. The van der Waals surface area contributed by atoms with Gasteiger partial charge in [-0.1, -0.05) is 35.6 Å². The Morgan fingerprint density at radius 2 is 2.04 bits per heavy atom. The number of thioether (sulfide) groups is 1. The van der Waals surface area contributed by atoms with Gasteiger partial charge in [0.2, 0.25) is 5.91 Å². The van der Waals surface area contributed by atoms with Gasteiger partial charge in [0.05, 0.1) is 12.0 Å². The molecular weight excluding hydrogens is 420 g/mol. The third-order valence-electron chi connectivity index (χ3n) is 3.83. The monoisotopic (exact) mass is 434 g/mol. The summed E-state index contributed by atoms with van der Waals surface area (Å²) in [6, 6.07) is 11.4. The third kappa shape index (κ3) is 4.64. The Labute approximate surface area is 176 Å². The van der Waals surface area contributed by atoms with Gasteiger partial charge >= 0.3 is 0 Å². The lowest BCUT2D eigenvalue weighted by Gasteiger charge is -2.14. The minimum atomic E-state index is -0.403. The molecule has 1 saturated heterocycles. The van der Waals surface area contributed by atoms with Crippen LogP contribution in [0.4, 0.5) is 5.69 Å². The van der Waals surface area contributed by atoms with Gasteiger partial charge in [-0.15, -0.1) is 0 Å². The first-order valence-electron chi connectivity index (χ1n) is 8.05. The molecule has 9 heteroatoms. The number of nitrogens with one attached hydrogen (secondary N) is 1. The normalized spacial score (nSPS) is 15.2. The minimum Gasteiger partial charge on any atom is -0.507 e. The van der Waals surface area contributed by atoms with Gasteiger partial charge in [-0.3, -0.25) is 14.5 Å². The van der Waals surface area contributed by atoms with Crippen LogP contribution in [-0.4, -0.2) is 39.8 Å². The number of rotatable bonds is 5.